The van der Waals surface area contributed by atoms with E-state index in [1.54, 1.807) is 0 Å². The minimum Gasteiger partial charge on any atom is -0.441 e. The molecule has 2 N–H and O–H groups in total. The van der Waals surface area contributed by atoms with Crippen LogP contribution < -0.4 is 5.73 Å². The lowest BCUT2D eigenvalue weighted by atomic mass is 9.97. The van der Waals surface area contributed by atoms with Crippen LogP contribution in [-0.2, 0) is 11.2 Å². The van der Waals surface area contributed by atoms with E-state index in [1.807, 2.05) is 42.2 Å². The van der Waals surface area contributed by atoms with E-state index in [2.05, 4.69) is 4.98 Å². The summed E-state index contributed by atoms with van der Waals surface area (Å²) < 4.78 is 5.72. The minimum absolute atomic E-state index is 0.122. The second kappa shape index (κ2) is 6.96. The van der Waals surface area contributed by atoms with Gasteiger partial charge in [-0.1, -0.05) is 18.2 Å². The molecular weight excluding hydrogens is 290 g/mol. The molecule has 5 nitrogen and oxygen atoms in total. The van der Waals surface area contributed by atoms with E-state index in [0.717, 1.165) is 37.2 Å². The number of likely N-dealkylation sites (tertiary alicyclic amines) is 1. The molecular formula is C18H23N3O2. The maximum Gasteiger partial charge on any atom is 0.228 e. The van der Waals surface area contributed by atoms with Gasteiger partial charge in [0.05, 0.1) is 12.1 Å². The lowest BCUT2D eigenvalue weighted by Gasteiger charge is -2.31. The maximum absolute atomic E-state index is 12.5. The molecule has 0 atom stereocenters. The molecule has 0 bridgehead atoms. The van der Waals surface area contributed by atoms with Crippen LogP contribution >= 0.6 is 0 Å². The van der Waals surface area contributed by atoms with Crippen LogP contribution in [0.2, 0.25) is 0 Å². The summed E-state index contributed by atoms with van der Waals surface area (Å²) in [5.74, 6) is 1.97. The molecule has 1 fully saturated rings. The molecule has 0 saturated carbocycles. The van der Waals surface area contributed by atoms with E-state index in [4.69, 9.17) is 10.2 Å². The van der Waals surface area contributed by atoms with Crippen LogP contribution in [0.15, 0.2) is 34.7 Å². The highest BCUT2D eigenvalue weighted by atomic mass is 16.4. The highest BCUT2D eigenvalue weighted by Crippen LogP contribution is 2.23. The summed E-state index contributed by atoms with van der Waals surface area (Å²) >= 11 is 0. The third kappa shape index (κ3) is 3.62. The summed E-state index contributed by atoms with van der Waals surface area (Å²) in [4.78, 5) is 18.9. The van der Waals surface area contributed by atoms with Crippen molar-refractivity contribution in [2.75, 3.05) is 19.6 Å². The Balaban J connectivity index is 1.66. The van der Waals surface area contributed by atoms with Crippen molar-refractivity contribution in [1.82, 2.24) is 9.88 Å². The van der Waals surface area contributed by atoms with Gasteiger partial charge in [0, 0.05) is 18.7 Å². The fraction of sp³-hybridized carbons (Fsp3) is 0.444. The zero-order valence-electron chi connectivity index (χ0n) is 13.5. The van der Waals surface area contributed by atoms with Crippen molar-refractivity contribution in [2.45, 2.75) is 26.2 Å². The van der Waals surface area contributed by atoms with Crippen molar-refractivity contribution in [1.29, 1.82) is 0 Å². The van der Waals surface area contributed by atoms with Crippen LogP contribution in [0.1, 0.15) is 24.3 Å². The van der Waals surface area contributed by atoms with Gasteiger partial charge < -0.3 is 15.1 Å². The van der Waals surface area contributed by atoms with Gasteiger partial charge in [0.2, 0.25) is 11.8 Å². The predicted octanol–water partition coefficient (Wildman–Crippen LogP) is 2.39. The van der Waals surface area contributed by atoms with Crippen LogP contribution in [0.25, 0.3) is 11.5 Å². The van der Waals surface area contributed by atoms with Crippen LogP contribution in [0, 0.1) is 12.8 Å². The Hall–Kier alpha value is -2.14. The molecule has 2 aromatic rings. The number of nitrogens with zero attached hydrogens (tertiary/aromatic N) is 2. The first-order chi connectivity index (χ1) is 11.2. The first-order valence-electron chi connectivity index (χ1n) is 8.17. The number of carbonyl (C=O) groups is 1. The Labute approximate surface area is 136 Å². The lowest BCUT2D eigenvalue weighted by molar-refractivity contribution is -0.131. The van der Waals surface area contributed by atoms with Crippen molar-refractivity contribution >= 4 is 5.91 Å². The van der Waals surface area contributed by atoms with E-state index in [1.165, 1.54) is 0 Å². The Bertz CT molecular complexity index is 658. The third-order valence-corrected chi connectivity index (χ3v) is 4.53. The van der Waals surface area contributed by atoms with Gasteiger partial charge in [-0.15, -0.1) is 0 Å². The first-order valence-corrected chi connectivity index (χ1v) is 8.17. The fourth-order valence-electron chi connectivity index (χ4n) is 2.97. The number of benzene rings is 1. The summed E-state index contributed by atoms with van der Waals surface area (Å²) in [6.07, 6.45) is 2.29. The SMILES string of the molecule is Cc1oc(-c2ccccc2)nc1CC(=O)N1CCC(CN)CC1. The Morgan fingerprint density at radius 2 is 2.00 bits per heavy atom. The normalized spacial score (nSPS) is 15.8. The van der Waals surface area contributed by atoms with E-state index in [0.29, 0.717) is 30.5 Å². The number of hydrogen-bond acceptors (Lipinski definition) is 4. The van der Waals surface area contributed by atoms with E-state index in [-0.39, 0.29) is 5.91 Å². The van der Waals surface area contributed by atoms with Crippen molar-refractivity contribution in [3.63, 3.8) is 0 Å². The van der Waals surface area contributed by atoms with Crippen molar-refractivity contribution < 1.29 is 9.21 Å². The number of aryl methyl sites for hydroxylation is 1. The Morgan fingerprint density at radius 1 is 1.30 bits per heavy atom. The zero-order chi connectivity index (χ0) is 16.2. The monoisotopic (exact) mass is 313 g/mol. The smallest absolute Gasteiger partial charge is 0.228 e. The third-order valence-electron chi connectivity index (χ3n) is 4.53. The quantitative estimate of drug-likeness (QED) is 0.940. The summed E-state index contributed by atoms with van der Waals surface area (Å²) in [6, 6.07) is 9.75. The van der Waals surface area contributed by atoms with Gasteiger partial charge in [0.15, 0.2) is 0 Å². The van der Waals surface area contributed by atoms with E-state index >= 15 is 0 Å². The summed E-state index contributed by atoms with van der Waals surface area (Å²) in [5.41, 5.74) is 7.36. The van der Waals surface area contributed by atoms with Gasteiger partial charge >= 0.3 is 0 Å². The van der Waals surface area contributed by atoms with Gasteiger partial charge in [0.1, 0.15) is 5.76 Å². The molecule has 0 aliphatic carbocycles. The number of oxazole rings is 1. The highest BCUT2D eigenvalue weighted by Gasteiger charge is 2.23. The number of piperidine rings is 1. The largest absolute Gasteiger partial charge is 0.441 e. The second-order valence-electron chi connectivity index (χ2n) is 6.12. The molecule has 122 valence electrons. The average Bonchev–Trinajstić information content (AvgIpc) is 2.96. The van der Waals surface area contributed by atoms with E-state index < -0.39 is 0 Å². The van der Waals surface area contributed by atoms with Crippen LogP contribution in [0.3, 0.4) is 0 Å². The number of aromatic nitrogens is 1. The number of carbonyl (C=O) groups excluding carboxylic acids is 1. The fourth-order valence-corrected chi connectivity index (χ4v) is 2.97. The molecule has 1 aromatic heterocycles. The topological polar surface area (TPSA) is 72.4 Å². The van der Waals surface area contributed by atoms with Gasteiger partial charge in [-0.3, -0.25) is 4.79 Å². The zero-order valence-corrected chi connectivity index (χ0v) is 13.5. The van der Waals surface area contributed by atoms with Crippen molar-refractivity contribution in [2.24, 2.45) is 11.7 Å². The molecule has 0 radical (unpaired) electrons. The predicted molar refractivity (Wildman–Crippen MR) is 88.7 cm³/mol. The molecule has 1 amide bonds. The van der Waals surface area contributed by atoms with Gasteiger partial charge in [0.25, 0.3) is 0 Å². The summed E-state index contributed by atoms with van der Waals surface area (Å²) in [6.45, 7) is 4.17. The average molecular weight is 313 g/mol. The van der Waals surface area contributed by atoms with Gasteiger partial charge in [-0.2, -0.15) is 0 Å². The molecule has 1 aromatic carbocycles. The molecule has 2 heterocycles. The van der Waals surface area contributed by atoms with E-state index in [9.17, 15) is 4.79 Å². The second-order valence-corrected chi connectivity index (χ2v) is 6.12. The summed E-state index contributed by atoms with van der Waals surface area (Å²) in [7, 11) is 0. The molecule has 0 spiro atoms. The number of hydrogen-bond donors (Lipinski definition) is 1. The molecule has 5 heteroatoms. The van der Waals surface area contributed by atoms with Crippen LogP contribution in [-0.4, -0.2) is 35.4 Å². The first kappa shape index (κ1) is 15.7. The van der Waals surface area contributed by atoms with Crippen molar-refractivity contribution in [3.05, 3.63) is 41.8 Å². The molecule has 3 rings (SSSR count). The maximum atomic E-state index is 12.5. The Kier molecular flexibility index (Phi) is 4.76. The van der Waals surface area contributed by atoms with Gasteiger partial charge in [-0.25, -0.2) is 4.98 Å². The van der Waals surface area contributed by atoms with Gasteiger partial charge in [-0.05, 0) is 44.4 Å². The molecule has 0 unspecified atom stereocenters. The van der Waals surface area contributed by atoms with Crippen LogP contribution in [0.4, 0.5) is 0 Å². The van der Waals surface area contributed by atoms with Crippen molar-refractivity contribution in [3.8, 4) is 11.5 Å². The molecule has 23 heavy (non-hydrogen) atoms. The van der Waals surface area contributed by atoms with Crippen LogP contribution in [0.5, 0.6) is 0 Å². The number of amides is 1. The lowest BCUT2D eigenvalue weighted by Crippen LogP contribution is -2.40. The molecule has 1 saturated heterocycles. The molecule has 1 aliphatic rings. The number of rotatable bonds is 4. The minimum atomic E-state index is 0.122. The summed E-state index contributed by atoms with van der Waals surface area (Å²) in [5, 5.41) is 0. The Morgan fingerprint density at radius 3 is 2.65 bits per heavy atom. The molecule has 1 aliphatic heterocycles. The number of nitrogens with two attached hydrogens (primary N) is 1. The standard InChI is InChI=1S/C18H23N3O2/c1-13-16(20-18(23-13)15-5-3-2-4-6-15)11-17(22)21-9-7-14(12-19)8-10-21/h2-6,14H,7-12,19H2,1H3. The highest BCUT2D eigenvalue weighted by molar-refractivity contribution is 5.78.